The lowest BCUT2D eigenvalue weighted by molar-refractivity contribution is -0.148. The molecule has 2 N–H and O–H groups in total. The topological polar surface area (TPSA) is 76.0 Å². The van der Waals surface area contributed by atoms with E-state index in [1.165, 1.54) is 12.1 Å². The zero-order valence-electron chi connectivity index (χ0n) is 13.1. The molecule has 0 bridgehead atoms. The predicted octanol–water partition coefficient (Wildman–Crippen LogP) is 3.51. The van der Waals surface area contributed by atoms with Gasteiger partial charge in [0.25, 0.3) is 0 Å². The Balaban J connectivity index is 1.87. The SMILES string of the molecule is O=C1OC2(C3=CC=CCC13)c1ccc(O)cc1Oc1cc(O)ccc12. The third-order valence-electron chi connectivity index (χ3n) is 5.01. The van der Waals surface area contributed by atoms with Gasteiger partial charge in [-0.1, -0.05) is 18.2 Å². The van der Waals surface area contributed by atoms with Gasteiger partial charge in [0.15, 0.2) is 5.60 Å². The molecule has 5 nitrogen and oxygen atoms in total. The van der Waals surface area contributed by atoms with Gasteiger partial charge in [-0.3, -0.25) is 4.79 Å². The van der Waals surface area contributed by atoms with Gasteiger partial charge in [-0.05, 0) is 36.3 Å². The number of aromatic hydroxyl groups is 2. The van der Waals surface area contributed by atoms with Crippen molar-refractivity contribution in [1.82, 2.24) is 0 Å². The van der Waals surface area contributed by atoms with Crippen LogP contribution in [-0.2, 0) is 15.1 Å². The Kier molecular flexibility index (Phi) is 2.64. The summed E-state index contributed by atoms with van der Waals surface area (Å²) in [5.41, 5.74) is 1.08. The van der Waals surface area contributed by atoms with Crippen LogP contribution in [0.5, 0.6) is 23.0 Å². The molecule has 1 atom stereocenters. The Morgan fingerprint density at radius 2 is 1.64 bits per heavy atom. The molecule has 124 valence electrons. The van der Waals surface area contributed by atoms with Gasteiger partial charge in [-0.15, -0.1) is 0 Å². The largest absolute Gasteiger partial charge is 0.508 e. The molecule has 1 fully saturated rings. The summed E-state index contributed by atoms with van der Waals surface area (Å²) in [5, 5.41) is 19.7. The van der Waals surface area contributed by atoms with Gasteiger partial charge >= 0.3 is 5.97 Å². The number of allylic oxidation sites excluding steroid dienone is 3. The van der Waals surface area contributed by atoms with Gasteiger partial charge in [-0.2, -0.15) is 0 Å². The Morgan fingerprint density at radius 1 is 1.00 bits per heavy atom. The maximum Gasteiger partial charge on any atom is 0.315 e. The number of carbonyl (C=O) groups excluding carboxylic acids is 1. The lowest BCUT2D eigenvalue weighted by Gasteiger charge is -2.37. The van der Waals surface area contributed by atoms with E-state index in [1.807, 2.05) is 18.2 Å². The Hall–Kier alpha value is -3.21. The van der Waals surface area contributed by atoms with Crippen molar-refractivity contribution in [1.29, 1.82) is 0 Å². The number of phenols is 2. The molecule has 1 saturated heterocycles. The summed E-state index contributed by atoms with van der Waals surface area (Å²) in [6, 6.07) is 9.52. The molecule has 2 aromatic rings. The van der Waals surface area contributed by atoms with Crippen molar-refractivity contribution < 1.29 is 24.5 Å². The quantitative estimate of drug-likeness (QED) is 0.721. The highest BCUT2D eigenvalue weighted by molar-refractivity contribution is 5.85. The van der Waals surface area contributed by atoms with Crippen LogP contribution in [0.1, 0.15) is 17.5 Å². The van der Waals surface area contributed by atoms with Gasteiger partial charge < -0.3 is 19.7 Å². The predicted molar refractivity (Wildman–Crippen MR) is 88.5 cm³/mol. The molecule has 2 aliphatic heterocycles. The minimum absolute atomic E-state index is 0.0518. The molecular formula is C20H14O5. The summed E-state index contributed by atoms with van der Waals surface area (Å²) >= 11 is 0. The molecule has 5 rings (SSSR count). The zero-order chi connectivity index (χ0) is 17.2. The summed E-state index contributed by atoms with van der Waals surface area (Å²) in [5.74, 6) is 0.290. The van der Waals surface area contributed by atoms with Crippen molar-refractivity contribution in [2.45, 2.75) is 12.0 Å². The summed E-state index contributed by atoms with van der Waals surface area (Å²) in [7, 11) is 0. The minimum Gasteiger partial charge on any atom is -0.508 e. The standard InChI is InChI=1S/C20H14O5/c21-11-5-7-15-17(9-11)24-18-10-12(22)6-8-16(18)20(15)14-4-2-1-3-13(14)19(23)25-20/h1-2,4-10,13,21-22H,3H2. The molecule has 0 saturated carbocycles. The number of ether oxygens (including phenoxy) is 2. The molecule has 0 aromatic heterocycles. The number of benzene rings is 2. The number of phenolic OH excluding ortho intramolecular Hbond substituents is 2. The maximum absolute atomic E-state index is 12.6. The molecule has 1 spiro atoms. The Bertz CT molecular complexity index is 934. The number of rotatable bonds is 0. The highest BCUT2D eigenvalue weighted by atomic mass is 16.6. The molecule has 25 heavy (non-hydrogen) atoms. The van der Waals surface area contributed by atoms with Gasteiger partial charge in [0.2, 0.25) is 0 Å². The Labute approximate surface area is 143 Å². The van der Waals surface area contributed by atoms with Crippen molar-refractivity contribution in [3.05, 3.63) is 71.3 Å². The average molecular weight is 334 g/mol. The summed E-state index contributed by atoms with van der Waals surface area (Å²) < 4.78 is 11.9. The second kappa shape index (κ2) is 4.66. The molecule has 1 aliphatic carbocycles. The van der Waals surface area contributed by atoms with Crippen LogP contribution in [0.3, 0.4) is 0 Å². The van der Waals surface area contributed by atoms with Crippen LogP contribution in [0.4, 0.5) is 0 Å². The van der Waals surface area contributed by atoms with Crippen LogP contribution in [0.25, 0.3) is 0 Å². The van der Waals surface area contributed by atoms with E-state index in [1.54, 1.807) is 24.3 Å². The molecule has 5 heteroatoms. The summed E-state index contributed by atoms with van der Waals surface area (Å²) in [6.45, 7) is 0. The number of hydrogen-bond acceptors (Lipinski definition) is 5. The minimum atomic E-state index is -1.10. The number of hydrogen-bond donors (Lipinski definition) is 2. The smallest absolute Gasteiger partial charge is 0.315 e. The van der Waals surface area contributed by atoms with Crippen molar-refractivity contribution >= 4 is 5.97 Å². The second-order valence-corrected chi connectivity index (χ2v) is 6.40. The van der Waals surface area contributed by atoms with Crippen LogP contribution in [0.2, 0.25) is 0 Å². The zero-order valence-corrected chi connectivity index (χ0v) is 13.1. The highest BCUT2D eigenvalue weighted by Gasteiger charge is 2.57. The fourth-order valence-electron chi connectivity index (χ4n) is 3.95. The highest BCUT2D eigenvalue weighted by Crippen LogP contribution is 2.59. The lowest BCUT2D eigenvalue weighted by Crippen LogP contribution is -2.33. The fourth-order valence-corrected chi connectivity index (χ4v) is 3.95. The van der Waals surface area contributed by atoms with E-state index in [0.29, 0.717) is 29.0 Å². The first-order valence-electron chi connectivity index (χ1n) is 8.04. The van der Waals surface area contributed by atoms with Gasteiger partial charge in [0, 0.05) is 23.3 Å². The first-order chi connectivity index (χ1) is 12.1. The van der Waals surface area contributed by atoms with E-state index in [9.17, 15) is 15.0 Å². The van der Waals surface area contributed by atoms with Gasteiger partial charge in [0.1, 0.15) is 23.0 Å². The third kappa shape index (κ3) is 1.75. The van der Waals surface area contributed by atoms with E-state index in [2.05, 4.69) is 0 Å². The number of carbonyl (C=O) groups is 1. The van der Waals surface area contributed by atoms with E-state index in [4.69, 9.17) is 9.47 Å². The van der Waals surface area contributed by atoms with Gasteiger partial charge in [0.05, 0.1) is 5.92 Å². The summed E-state index contributed by atoms with van der Waals surface area (Å²) in [4.78, 5) is 12.6. The molecule has 1 unspecified atom stereocenters. The van der Waals surface area contributed by atoms with E-state index in [0.717, 1.165) is 5.57 Å². The molecular weight excluding hydrogens is 320 g/mol. The second-order valence-electron chi connectivity index (χ2n) is 6.40. The van der Waals surface area contributed by atoms with E-state index < -0.39 is 5.60 Å². The molecule has 2 heterocycles. The lowest BCUT2D eigenvalue weighted by atomic mass is 9.73. The van der Waals surface area contributed by atoms with Crippen molar-refractivity contribution in [3.8, 4) is 23.0 Å². The van der Waals surface area contributed by atoms with E-state index >= 15 is 0 Å². The van der Waals surface area contributed by atoms with Crippen LogP contribution in [0, 0.1) is 5.92 Å². The van der Waals surface area contributed by atoms with Crippen molar-refractivity contribution in [2.24, 2.45) is 5.92 Å². The monoisotopic (exact) mass is 334 g/mol. The first kappa shape index (κ1) is 14.2. The van der Waals surface area contributed by atoms with Gasteiger partial charge in [-0.25, -0.2) is 0 Å². The summed E-state index contributed by atoms with van der Waals surface area (Å²) in [6.07, 6.45) is 6.38. The molecule has 0 radical (unpaired) electrons. The first-order valence-corrected chi connectivity index (χ1v) is 8.04. The number of fused-ring (bicyclic) bond motifs is 6. The van der Waals surface area contributed by atoms with Crippen molar-refractivity contribution in [2.75, 3.05) is 0 Å². The normalized spacial score (nSPS) is 21.7. The van der Waals surface area contributed by atoms with Crippen LogP contribution in [0.15, 0.2) is 60.2 Å². The van der Waals surface area contributed by atoms with E-state index in [-0.39, 0.29) is 23.4 Å². The van der Waals surface area contributed by atoms with Crippen LogP contribution >= 0.6 is 0 Å². The number of esters is 1. The molecule has 3 aliphatic rings. The van der Waals surface area contributed by atoms with Crippen LogP contribution < -0.4 is 4.74 Å². The molecule has 2 aromatic carbocycles. The fraction of sp³-hybridized carbons (Fsp3) is 0.150. The average Bonchev–Trinajstić information content (AvgIpc) is 2.88. The maximum atomic E-state index is 12.6. The van der Waals surface area contributed by atoms with Crippen molar-refractivity contribution in [3.63, 3.8) is 0 Å². The Morgan fingerprint density at radius 3 is 2.28 bits per heavy atom. The third-order valence-corrected chi connectivity index (χ3v) is 5.01. The molecule has 0 amide bonds. The van der Waals surface area contributed by atoms with Crippen LogP contribution in [-0.4, -0.2) is 16.2 Å².